The Kier molecular flexibility index (Phi) is 2.34. The van der Waals surface area contributed by atoms with Crippen LogP contribution in [0.4, 0.5) is 0 Å². The van der Waals surface area contributed by atoms with Crippen molar-refractivity contribution in [3.8, 4) is 0 Å². The van der Waals surface area contributed by atoms with Crippen LogP contribution in [0.5, 0.6) is 0 Å². The van der Waals surface area contributed by atoms with Gasteiger partial charge < -0.3 is 15.3 Å². The molecule has 3 heteroatoms. The fourth-order valence-electron chi connectivity index (χ4n) is 0.302. The minimum Gasteiger partial charge on any atom is -0.509 e. The molecule has 3 nitrogen and oxygen atoms in total. The van der Waals surface area contributed by atoms with E-state index in [1.54, 1.807) is 0 Å². The number of hydrogen-bond donors (Lipinski definition) is 3. The van der Waals surface area contributed by atoms with Crippen LogP contribution in [-0.4, -0.2) is 21.4 Å². The summed E-state index contributed by atoms with van der Waals surface area (Å²) in [6.07, 6.45) is -0.972. The van der Waals surface area contributed by atoms with Crippen LogP contribution in [0.2, 0.25) is 0 Å². The summed E-state index contributed by atoms with van der Waals surface area (Å²) in [5.74, 6) is -0.606. The Balaban J connectivity index is 4.00. The third kappa shape index (κ3) is 1.84. The summed E-state index contributed by atoms with van der Waals surface area (Å²) in [5, 5.41) is 25.6. The van der Waals surface area contributed by atoms with Crippen molar-refractivity contribution in [3.05, 3.63) is 11.5 Å². The van der Waals surface area contributed by atoms with E-state index in [4.69, 9.17) is 15.3 Å². The maximum absolute atomic E-state index is 8.58. The summed E-state index contributed by atoms with van der Waals surface area (Å²) in [7, 11) is 0. The van der Waals surface area contributed by atoms with E-state index in [9.17, 15) is 0 Å². The Morgan fingerprint density at radius 3 is 1.75 bits per heavy atom. The van der Waals surface area contributed by atoms with Gasteiger partial charge in [0.25, 0.3) is 0 Å². The van der Waals surface area contributed by atoms with Gasteiger partial charge in [-0.05, 0) is 13.8 Å². The maximum Gasteiger partial charge on any atom is 0.158 e. The molecule has 0 aromatic rings. The summed E-state index contributed by atoms with van der Waals surface area (Å²) in [6, 6.07) is 0. The second-order valence-corrected chi connectivity index (χ2v) is 1.65. The lowest BCUT2D eigenvalue weighted by Gasteiger charge is -2.01. The molecule has 0 saturated carbocycles. The van der Waals surface area contributed by atoms with E-state index in [-0.39, 0.29) is 11.5 Å². The van der Waals surface area contributed by atoms with E-state index < -0.39 is 6.10 Å². The summed E-state index contributed by atoms with van der Waals surface area (Å²) in [6.45, 7) is 2.68. The van der Waals surface area contributed by atoms with Crippen LogP contribution in [0.15, 0.2) is 11.5 Å². The molecule has 0 heterocycles. The van der Waals surface area contributed by atoms with Crippen LogP contribution in [-0.2, 0) is 0 Å². The molecule has 0 aliphatic heterocycles. The fraction of sp³-hybridized carbons (Fsp3) is 0.600. The minimum absolute atomic E-state index is 0.236. The first-order valence-corrected chi connectivity index (χ1v) is 2.32. The molecule has 8 heavy (non-hydrogen) atoms. The molecule has 0 radical (unpaired) electrons. The zero-order valence-corrected chi connectivity index (χ0v) is 4.92. The molecule has 0 aliphatic rings. The molecule has 0 saturated heterocycles. The molecule has 0 spiro atoms. The Hall–Kier alpha value is -0.700. The number of hydrogen-bond acceptors (Lipinski definition) is 3. The molecule has 0 aromatic carbocycles. The van der Waals surface area contributed by atoms with E-state index in [0.717, 1.165) is 0 Å². The second kappa shape index (κ2) is 2.57. The predicted molar refractivity (Wildman–Crippen MR) is 29.6 cm³/mol. The van der Waals surface area contributed by atoms with Gasteiger partial charge in [-0.15, -0.1) is 0 Å². The van der Waals surface area contributed by atoms with Gasteiger partial charge in [-0.25, -0.2) is 0 Å². The monoisotopic (exact) mass is 118 g/mol. The minimum atomic E-state index is -0.972. The standard InChI is InChI=1S/C5H10O3/c1-3(6)5(8)4(2)7/h3,6-8H,1-2H3/b5-4-/t3-/m1/s1. The van der Waals surface area contributed by atoms with Gasteiger partial charge in [0, 0.05) is 0 Å². The molecule has 48 valence electrons. The molecule has 1 atom stereocenters. The van der Waals surface area contributed by atoms with Gasteiger partial charge in [-0.2, -0.15) is 0 Å². The number of aliphatic hydroxyl groups is 3. The lowest BCUT2D eigenvalue weighted by Crippen LogP contribution is -2.05. The molecule has 0 aliphatic carbocycles. The Labute approximate surface area is 47.9 Å². The quantitative estimate of drug-likeness (QED) is 0.444. The first-order valence-electron chi connectivity index (χ1n) is 2.32. The van der Waals surface area contributed by atoms with Crippen molar-refractivity contribution in [2.75, 3.05) is 0 Å². The second-order valence-electron chi connectivity index (χ2n) is 1.65. The molecule has 0 fully saturated rings. The number of allylic oxidation sites excluding steroid dienone is 1. The van der Waals surface area contributed by atoms with Crippen molar-refractivity contribution in [1.82, 2.24) is 0 Å². The highest BCUT2D eigenvalue weighted by molar-refractivity contribution is 4.98. The molecule has 0 unspecified atom stereocenters. The van der Waals surface area contributed by atoms with Crippen LogP contribution >= 0.6 is 0 Å². The molecular weight excluding hydrogens is 108 g/mol. The van der Waals surface area contributed by atoms with E-state index in [2.05, 4.69) is 0 Å². The van der Waals surface area contributed by atoms with E-state index in [1.165, 1.54) is 13.8 Å². The number of aliphatic hydroxyl groups excluding tert-OH is 3. The summed E-state index contributed by atoms with van der Waals surface area (Å²) in [5.41, 5.74) is 0. The molecular formula is C5H10O3. The van der Waals surface area contributed by atoms with Crippen molar-refractivity contribution in [2.24, 2.45) is 0 Å². The third-order valence-corrected chi connectivity index (χ3v) is 0.766. The molecule has 0 aromatic heterocycles. The zero-order valence-electron chi connectivity index (χ0n) is 4.92. The van der Waals surface area contributed by atoms with E-state index in [0.29, 0.717) is 0 Å². The van der Waals surface area contributed by atoms with Gasteiger partial charge in [0.1, 0.15) is 11.9 Å². The average molecular weight is 118 g/mol. The van der Waals surface area contributed by atoms with Crippen molar-refractivity contribution in [2.45, 2.75) is 20.0 Å². The largest absolute Gasteiger partial charge is 0.509 e. The van der Waals surface area contributed by atoms with Crippen molar-refractivity contribution >= 4 is 0 Å². The maximum atomic E-state index is 8.58. The van der Waals surface area contributed by atoms with E-state index >= 15 is 0 Å². The predicted octanol–water partition coefficient (Wildman–Crippen LogP) is 0.715. The fourth-order valence-corrected chi connectivity index (χ4v) is 0.302. The molecule has 0 amide bonds. The smallest absolute Gasteiger partial charge is 0.158 e. The number of rotatable bonds is 1. The summed E-state index contributed by atoms with van der Waals surface area (Å²) in [4.78, 5) is 0. The third-order valence-electron chi connectivity index (χ3n) is 0.766. The summed E-state index contributed by atoms with van der Waals surface area (Å²) >= 11 is 0. The lowest BCUT2D eigenvalue weighted by atomic mass is 10.3. The van der Waals surface area contributed by atoms with Crippen LogP contribution in [0.3, 0.4) is 0 Å². The SMILES string of the molecule is C/C(O)=C(/O)[C@@H](C)O. The zero-order chi connectivity index (χ0) is 6.73. The molecule has 0 bridgehead atoms. The van der Waals surface area contributed by atoms with Crippen molar-refractivity contribution < 1.29 is 15.3 Å². The normalized spacial score (nSPS) is 17.4. The highest BCUT2D eigenvalue weighted by Gasteiger charge is 2.03. The summed E-state index contributed by atoms with van der Waals surface area (Å²) < 4.78 is 0. The van der Waals surface area contributed by atoms with Gasteiger partial charge in [0.15, 0.2) is 5.76 Å². The van der Waals surface area contributed by atoms with Crippen LogP contribution in [0, 0.1) is 0 Å². The van der Waals surface area contributed by atoms with Gasteiger partial charge in [-0.3, -0.25) is 0 Å². The Bertz CT molecular complexity index is 100. The van der Waals surface area contributed by atoms with E-state index in [1.807, 2.05) is 0 Å². The van der Waals surface area contributed by atoms with Crippen LogP contribution < -0.4 is 0 Å². The molecule has 3 N–H and O–H groups in total. The van der Waals surface area contributed by atoms with Crippen LogP contribution in [0.25, 0.3) is 0 Å². The highest BCUT2D eigenvalue weighted by atomic mass is 16.3. The van der Waals surface area contributed by atoms with Gasteiger partial charge in [0.05, 0.1) is 0 Å². The van der Waals surface area contributed by atoms with Gasteiger partial charge in [0.2, 0.25) is 0 Å². The van der Waals surface area contributed by atoms with Crippen molar-refractivity contribution in [3.63, 3.8) is 0 Å². The topological polar surface area (TPSA) is 60.7 Å². The average Bonchev–Trinajstić information content (AvgIpc) is 1.64. The van der Waals surface area contributed by atoms with Crippen LogP contribution in [0.1, 0.15) is 13.8 Å². The van der Waals surface area contributed by atoms with Gasteiger partial charge >= 0.3 is 0 Å². The lowest BCUT2D eigenvalue weighted by molar-refractivity contribution is 0.155. The Morgan fingerprint density at radius 2 is 1.75 bits per heavy atom. The molecule has 0 rings (SSSR count). The van der Waals surface area contributed by atoms with Gasteiger partial charge in [-0.1, -0.05) is 0 Å². The van der Waals surface area contributed by atoms with Crippen molar-refractivity contribution in [1.29, 1.82) is 0 Å². The first kappa shape index (κ1) is 7.30. The first-order chi connectivity index (χ1) is 3.55. The highest BCUT2D eigenvalue weighted by Crippen LogP contribution is 2.00. The Morgan fingerprint density at radius 1 is 1.38 bits per heavy atom.